The first-order valence-corrected chi connectivity index (χ1v) is 10.5. The molecule has 0 radical (unpaired) electrons. The number of hydrogen-bond acceptors (Lipinski definition) is 8. The Morgan fingerprint density at radius 2 is 1.38 bits per heavy atom. The first-order valence-electron chi connectivity index (χ1n) is 10.5. The van der Waals surface area contributed by atoms with Gasteiger partial charge in [-0.15, -0.1) is 0 Å². The smallest absolute Gasteiger partial charge is 0.333 e. The van der Waals surface area contributed by atoms with Crippen molar-refractivity contribution in [2.45, 2.75) is 38.7 Å². The van der Waals surface area contributed by atoms with Crippen LogP contribution >= 0.6 is 0 Å². The molecule has 1 heterocycles. The summed E-state index contributed by atoms with van der Waals surface area (Å²) in [5.74, 6) is -0.320. The highest BCUT2D eigenvalue weighted by Crippen LogP contribution is 2.03. The molecule has 0 aromatic carbocycles. The van der Waals surface area contributed by atoms with E-state index in [1.165, 1.54) is 0 Å². The van der Waals surface area contributed by atoms with Crippen molar-refractivity contribution in [1.29, 1.82) is 0 Å². The van der Waals surface area contributed by atoms with Crippen LogP contribution in [-0.2, 0) is 38.0 Å². The minimum absolute atomic E-state index is 0.124. The minimum atomic E-state index is -0.320. The second-order valence-electron chi connectivity index (χ2n) is 6.81. The fraction of sp³-hybridized carbons (Fsp3) is 0.857. The third kappa shape index (κ3) is 16.5. The van der Waals surface area contributed by atoms with Crippen LogP contribution < -0.4 is 0 Å². The normalized spacial score (nSPS) is 20.4. The Kier molecular flexibility index (Phi) is 17.0. The van der Waals surface area contributed by atoms with E-state index in [0.717, 1.165) is 25.7 Å². The van der Waals surface area contributed by atoms with Crippen LogP contribution in [0.5, 0.6) is 0 Å². The zero-order chi connectivity index (χ0) is 21.0. The predicted molar refractivity (Wildman–Crippen MR) is 108 cm³/mol. The van der Waals surface area contributed by atoms with Gasteiger partial charge in [0.25, 0.3) is 0 Å². The quantitative estimate of drug-likeness (QED) is 0.303. The highest BCUT2D eigenvalue weighted by Gasteiger charge is 2.10. The minimum Gasteiger partial charge on any atom is -0.462 e. The summed E-state index contributed by atoms with van der Waals surface area (Å²) >= 11 is 0. The SMILES string of the molecule is C=C(C)C(=O)OCCCCCCOCC1COCCOCCOCCOCCO1. The van der Waals surface area contributed by atoms with Gasteiger partial charge in [0.05, 0.1) is 72.7 Å². The molecule has 0 aromatic rings. The lowest BCUT2D eigenvalue weighted by Gasteiger charge is -2.18. The summed E-state index contributed by atoms with van der Waals surface area (Å²) in [7, 11) is 0. The molecular weight excluding hydrogens is 380 g/mol. The Morgan fingerprint density at radius 1 is 0.828 bits per heavy atom. The molecular formula is C21H38O8. The van der Waals surface area contributed by atoms with Crippen LogP contribution in [0.4, 0.5) is 0 Å². The summed E-state index contributed by atoms with van der Waals surface area (Å²) in [6.07, 6.45) is 3.71. The largest absolute Gasteiger partial charge is 0.462 e. The van der Waals surface area contributed by atoms with Gasteiger partial charge in [-0.25, -0.2) is 4.79 Å². The molecule has 1 saturated heterocycles. The van der Waals surface area contributed by atoms with E-state index in [1.807, 2.05) is 0 Å². The number of hydrogen-bond donors (Lipinski definition) is 0. The fourth-order valence-electron chi connectivity index (χ4n) is 2.46. The van der Waals surface area contributed by atoms with Crippen molar-refractivity contribution in [2.75, 3.05) is 79.3 Å². The topological polar surface area (TPSA) is 81.7 Å². The number of rotatable bonds is 10. The van der Waals surface area contributed by atoms with Crippen LogP contribution in [0.25, 0.3) is 0 Å². The lowest BCUT2D eigenvalue weighted by atomic mass is 10.2. The summed E-state index contributed by atoms with van der Waals surface area (Å²) in [5, 5.41) is 0. The van der Waals surface area contributed by atoms with Crippen molar-refractivity contribution < 1.29 is 38.0 Å². The molecule has 0 amide bonds. The van der Waals surface area contributed by atoms with Gasteiger partial charge in [-0.3, -0.25) is 0 Å². The Morgan fingerprint density at radius 3 is 2.00 bits per heavy atom. The van der Waals surface area contributed by atoms with Crippen LogP contribution in [0, 0.1) is 0 Å². The van der Waals surface area contributed by atoms with E-state index in [2.05, 4.69) is 6.58 Å². The molecule has 0 N–H and O–H groups in total. The fourth-order valence-corrected chi connectivity index (χ4v) is 2.46. The van der Waals surface area contributed by atoms with E-state index < -0.39 is 0 Å². The number of carbonyl (C=O) groups excluding carboxylic acids is 1. The van der Waals surface area contributed by atoms with E-state index in [-0.39, 0.29) is 12.1 Å². The highest BCUT2D eigenvalue weighted by molar-refractivity contribution is 5.86. The van der Waals surface area contributed by atoms with Crippen molar-refractivity contribution in [3.8, 4) is 0 Å². The van der Waals surface area contributed by atoms with Gasteiger partial charge in [0.15, 0.2) is 0 Å². The number of unbranched alkanes of at least 4 members (excludes halogenated alkanes) is 3. The molecule has 29 heavy (non-hydrogen) atoms. The van der Waals surface area contributed by atoms with Gasteiger partial charge in [-0.2, -0.15) is 0 Å². The molecule has 1 aliphatic heterocycles. The standard InChI is InChI=1S/C21H38O8/c1-19(2)21(22)29-8-6-4-3-5-7-26-17-20-18-27-14-13-24-10-9-23-11-12-25-15-16-28-20/h20H,1,3-18H2,2H3. The van der Waals surface area contributed by atoms with Crippen LogP contribution in [0.15, 0.2) is 12.2 Å². The van der Waals surface area contributed by atoms with Gasteiger partial charge >= 0.3 is 5.97 Å². The molecule has 1 rings (SSSR count). The summed E-state index contributed by atoms with van der Waals surface area (Å²) in [4.78, 5) is 11.3. The van der Waals surface area contributed by atoms with Crippen LogP contribution in [-0.4, -0.2) is 91.4 Å². The van der Waals surface area contributed by atoms with Gasteiger partial charge in [-0.1, -0.05) is 13.0 Å². The zero-order valence-electron chi connectivity index (χ0n) is 17.9. The van der Waals surface area contributed by atoms with Gasteiger partial charge in [0.2, 0.25) is 0 Å². The maximum Gasteiger partial charge on any atom is 0.333 e. The lowest BCUT2D eigenvalue weighted by Crippen LogP contribution is -2.28. The second kappa shape index (κ2) is 19.0. The van der Waals surface area contributed by atoms with E-state index in [1.54, 1.807) is 6.92 Å². The number of ether oxygens (including phenoxy) is 7. The molecule has 0 bridgehead atoms. The third-order valence-electron chi connectivity index (χ3n) is 4.07. The number of esters is 1. The van der Waals surface area contributed by atoms with E-state index >= 15 is 0 Å². The summed E-state index contributed by atoms with van der Waals surface area (Å²) < 4.78 is 38.5. The monoisotopic (exact) mass is 418 g/mol. The third-order valence-corrected chi connectivity index (χ3v) is 4.07. The van der Waals surface area contributed by atoms with Crippen LogP contribution in [0.3, 0.4) is 0 Å². The molecule has 0 spiro atoms. The molecule has 1 fully saturated rings. The average Bonchev–Trinajstić information content (AvgIpc) is 2.72. The van der Waals surface area contributed by atoms with Crippen molar-refractivity contribution in [3.63, 3.8) is 0 Å². The maximum atomic E-state index is 11.3. The highest BCUT2D eigenvalue weighted by atomic mass is 16.6. The van der Waals surface area contributed by atoms with Crippen molar-refractivity contribution in [1.82, 2.24) is 0 Å². The molecule has 1 aliphatic rings. The molecule has 0 saturated carbocycles. The van der Waals surface area contributed by atoms with Gasteiger partial charge < -0.3 is 33.2 Å². The average molecular weight is 419 g/mol. The molecule has 1 atom stereocenters. The zero-order valence-corrected chi connectivity index (χ0v) is 17.9. The molecule has 1 unspecified atom stereocenters. The van der Waals surface area contributed by atoms with Gasteiger partial charge in [-0.05, 0) is 26.2 Å². The molecule has 0 aromatic heterocycles. The molecule has 8 heteroatoms. The maximum absolute atomic E-state index is 11.3. The summed E-state index contributed by atoms with van der Waals surface area (Å²) in [6.45, 7) is 11.6. The van der Waals surface area contributed by atoms with Gasteiger partial charge in [0, 0.05) is 12.2 Å². The Hall–Kier alpha value is -1.03. The van der Waals surface area contributed by atoms with Crippen LogP contribution in [0.2, 0.25) is 0 Å². The first kappa shape index (κ1) is 26.0. The summed E-state index contributed by atoms with van der Waals surface area (Å²) in [6, 6.07) is 0. The van der Waals surface area contributed by atoms with E-state index in [4.69, 9.17) is 33.2 Å². The van der Waals surface area contributed by atoms with Crippen molar-refractivity contribution in [3.05, 3.63) is 12.2 Å². The Balaban J connectivity index is 2.06. The molecule has 170 valence electrons. The predicted octanol–water partition coefficient (Wildman–Crippen LogP) is 2.15. The molecule has 8 nitrogen and oxygen atoms in total. The first-order chi connectivity index (χ1) is 14.2. The lowest BCUT2D eigenvalue weighted by molar-refractivity contribution is -0.139. The van der Waals surface area contributed by atoms with Crippen molar-refractivity contribution in [2.24, 2.45) is 0 Å². The number of carbonyl (C=O) groups is 1. The molecule has 0 aliphatic carbocycles. The second-order valence-corrected chi connectivity index (χ2v) is 6.81. The van der Waals surface area contributed by atoms with E-state index in [9.17, 15) is 4.79 Å². The van der Waals surface area contributed by atoms with Crippen molar-refractivity contribution >= 4 is 5.97 Å². The Labute approximate surface area is 174 Å². The van der Waals surface area contributed by atoms with E-state index in [0.29, 0.717) is 84.9 Å². The van der Waals surface area contributed by atoms with Crippen LogP contribution in [0.1, 0.15) is 32.6 Å². The summed E-state index contributed by atoms with van der Waals surface area (Å²) in [5.41, 5.74) is 0.436. The van der Waals surface area contributed by atoms with Gasteiger partial charge in [0.1, 0.15) is 6.10 Å². The Bertz CT molecular complexity index is 399.